The number of nitrogens with zero attached hydrogens (tertiary/aromatic N) is 6. The average molecular weight is 278 g/mol. The van der Waals surface area contributed by atoms with Crippen molar-refractivity contribution in [3.05, 3.63) is 24.3 Å². The summed E-state index contributed by atoms with van der Waals surface area (Å²) < 4.78 is 3.27. The van der Waals surface area contributed by atoms with E-state index >= 15 is 0 Å². The summed E-state index contributed by atoms with van der Waals surface area (Å²) in [6, 6.07) is 1.66. The number of carboxylic acid groups (broad SMARTS) is 1. The zero-order chi connectivity index (χ0) is 14.8. The van der Waals surface area contributed by atoms with Gasteiger partial charge in [-0.3, -0.25) is 9.48 Å². The van der Waals surface area contributed by atoms with Crippen LogP contribution in [-0.2, 0) is 11.3 Å². The van der Waals surface area contributed by atoms with Gasteiger partial charge < -0.3 is 5.11 Å². The topological polar surface area (TPSA) is 98.7 Å². The second kappa shape index (κ2) is 5.40. The van der Waals surface area contributed by atoms with Gasteiger partial charge in [-0.15, -0.1) is 5.10 Å². The number of aliphatic carboxylic acids is 1. The summed E-state index contributed by atoms with van der Waals surface area (Å²) in [6.45, 7) is 5.68. The van der Waals surface area contributed by atoms with Gasteiger partial charge >= 0.3 is 5.97 Å². The van der Waals surface area contributed by atoms with Crippen molar-refractivity contribution in [2.24, 2.45) is 5.41 Å². The molecule has 0 spiro atoms. The molecule has 2 heterocycles. The first kappa shape index (κ1) is 14.2. The monoisotopic (exact) mass is 278 g/mol. The molecule has 2 unspecified atom stereocenters. The molecule has 0 aliphatic heterocycles. The minimum atomic E-state index is -0.895. The van der Waals surface area contributed by atoms with E-state index in [4.69, 9.17) is 0 Å². The maximum atomic E-state index is 11.4. The second-order valence-corrected chi connectivity index (χ2v) is 5.08. The minimum Gasteiger partial charge on any atom is -0.481 e. The first-order valence-corrected chi connectivity index (χ1v) is 6.46. The third-order valence-corrected chi connectivity index (χ3v) is 3.65. The highest BCUT2D eigenvalue weighted by Crippen LogP contribution is 2.25. The van der Waals surface area contributed by atoms with Crippen molar-refractivity contribution >= 4 is 5.97 Å². The Morgan fingerprint density at radius 2 is 2.30 bits per heavy atom. The van der Waals surface area contributed by atoms with E-state index in [2.05, 4.69) is 20.6 Å². The lowest BCUT2D eigenvalue weighted by Gasteiger charge is -2.23. The molecule has 108 valence electrons. The van der Waals surface area contributed by atoms with E-state index in [0.29, 0.717) is 12.2 Å². The number of hydrogen-bond acceptors (Lipinski definition) is 5. The molecule has 0 radical (unpaired) electrons. The predicted octanol–water partition coefficient (Wildman–Crippen LogP) is 0.980. The third-order valence-electron chi connectivity index (χ3n) is 3.65. The molecule has 0 fully saturated rings. The highest BCUT2D eigenvalue weighted by Gasteiger charge is 2.33. The molecule has 2 rings (SSSR count). The maximum Gasteiger partial charge on any atom is 0.311 e. The van der Waals surface area contributed by atoms with Crippen LogP contribution < -0.4 is 0 Å². The van der Waals surface area contributed by atoms with Crippen molar-refractivity contribution < 1.29 is 9.90 Å². The summed E-state index contributed by atoms with van der Waals surface area (Å²) in [6.07, 6.45) is 4.00. The standard InChI is InChI=1S/C12H18N6O2/c1-4-12(3,11(19)20)8-18-10(14-15-16-18)9(2)17-7-5-6-13-17/h5-7,9H,4,8H2,1-3H3,(H,19,20). The highest BCUT2D eigenvalue weighted by atomic mass is 16.4. The van der Waals surface area contributed by atoms with E-state index in [1.807, 2.05) is 26.1 Å². The zero-order valence-electron chi connectivity index (χ0n) is 11.8. The van der Waals surface area contributed by atoms with Gasteiger partial charge in [-0.05, 0) is 36.8 Å². The van der Waals surface area contributed by atoms with Crippen LogP contribution in [-0.4, -0.2) is 41.1 Å². The highest BCUT2D eigenvalue weighted by molar-refractivity contribution is 5.73. The van der Waals surface area contributed by atoms with Crippen LogP contribution in [0.1, 0.15) is 39.1 Å². The first-order valence-electron chi connectivity index (χ1n) is 6.46. The Morgan fingerprint density at radius 3 is 2.85 bits per heavy atom. The molecule has 8 heteroatoms. The van der Waals surface area contributed by atoms with E-state index < -0.39 is 11.4 Å². The molecule has 8 nitrogen and oxygen atoms in total. The molecule has 0 aliphatic rings. The predicted molar refractivity (Wildman–Crippen MR) is 69.9 cm³/mol. The van der Waals surface area contributed by atoms with Crippen LogP contribution in [0.3, 0.4) is 0 Å². The Labute approximate surface area is 116 Å². The van der Waals surface area contributed by atoms with E-state index in [0.717, 1.165) is 0 Å². The smallest absolute Gasteiger partial charge is 0.311 e. The Balaban J connectivity index is 2.27. The van der Waals surface area contributed by atoms with Gasteiger partial charge in [0.1, 0.15) is 6.04 Å². The lowest BCUT2D eigenvalue weighted by atomic mass is 9.88. The molecule has 0 amide bonds. The summed E-state index contributed by atoms with van der Waals surface area (Å²) in [5.41, 5.74) is -0.895. The number of aromatic nitrogens is 6. The van der Waals surface area contributed by atoms with E-state index in [9.17, 15) is 9.90 Å². The molecule has 0 aliphatic carbocycles. The summed E-state index contributed by atoms with van der Waals surface area (Å²) in [5, 5.41) is 25.1. The Kier molecular flexibility index (Phi) is 3.82. The lowest BCUT2D eigenvalue weighted by Crippen LogP contribution is -2.33. The molecular formula is C12H18N6O2. The fraction of sp³-hybridized carbons (Fsp3) is 0.583. The molecule has 0 saturated heterocycles. The molecule has 20 heavy (non-hydrogen) atoms. The normalized spacial score (nSPS) is 15.8. The SMILES string of the molecule is CCC(C)(Cn1nnnc1C(C)n1cccn1)C(=O)O. The number of rotatable bonds is 6. The summed E-state index contributed by atoms with van der Waals surface area (Å²) in [5.74, 6) is -0.261. The van der Waals surface area contributed by atoms with Crippen molar-refractivity contribution in [1.82, 2.24) is 30.0 Å². The van der Waals surface area contributed by atoms with Gasteiger partial charge in [0, 0.05) is 12.4 Å². The largest absolute Gasteiger partial charge is 0.481 e. The van der Waals surface area contributed by atoms with Crippen molar-refractivity contribution in [1.29, 1.82) is 0 Å². The first-order chi connectivity index (χ1) is 9.48. The molecule has 2 atom stereocenters. The van der Waals surface area contributed by atoms with Gasteiger partial charge in [0.25, 0.3) is 0 Å². The van der Waals surface area contributed by atoms with Crippen molar-refractivity contribution in [2.45, 2.75) is 39.8 Å². The average Bonchev–Trinajstić information content (AvgIpc) is 3.08. The fourth-order valence-electron chi connectivity index (χ4n) is 1.91. The Bertz CT molecular complexity index is 579. The van der Waals surface area contributed by atoms with Crippen LogP contribution in [0.4, 0.5) is 0 Å². The molecule has 0 bridgehead atoms. The summed E-state index contributed by atoms with van der Waals surface area (Å²) in [7, 11) is 0. The Hall–Kier alpha value is -2.25. The van der Waals surface area contributed by atoms with Gasteiger partial charge in [-0.1, -0.05) is 6.92 Å². The van der Waals surface area contributed by atoms with Crippen LogP contribution in [0.2, 0.25) is 0 Å². The van der Waals surface area contributed by atoms with Crippen LogP contribution in [0.5, 0.6) is 0 Å². The van der Waals surface area contributed by atoms with Gasteiger partial charge in [0.2, 0.25) is 0 Å². The Morgan fingerprint density at radius 1 is 1.55 bits per heavy atom. The molecule has 2 aromatic rings. The third kappa shape index (κ3) is 2.54. The van der Waals surface area contributed by atoms with Crippen LogP contribution in [0, 0.1) is 5.41 Å². The van der Waals surface area contributed by atoms with Gasteiger partial charge in [0.05, 0.1) is 12.0 Å². The van der Waals surface area contributed by atoms with Gasteiger partial charge in [-0.25, -0.2) is 4.68 Å². The van der Waals surface area contributed by atoms with Crippen LogP contribution in [0.15, 0.2) is 18.5 Å². The molecule has 1 N–H and O–H groups in total. The number of tetrazole rings is 1. The second-order valence-electron chi connectivity index (χ2n) is 5.08. The van der Waals surface area contributed by atoms with E-state index in [1.54, 1.807) is 22.5 Å². The summed E-state index contributed by atoms with van der Waals surface area (Å²) in [4.78, 5) is 11.4. The molecule has 0 saturated carbocycles. The maximum absolute atomic E-state index is 11.4. The molecule has 0 aromatic carbocycles. The summed E-state index contributed by atoms with van der Waals surface area (Å²) >= 11 is 0. The van der Waals surface area contributed by atoms with Crippen molar-refractivity contribution in [3.8, 4) is 0 Å². The van der Waals surface area contributed by atoms with E-state index in [-0.39, 0.29) is 12.6 Å². The minimum absolute atomic E-state index is 0.157. The number of carboxylic acids is 1. The van der Waals surface area contributed by atoms with Gasteiger partial charge in [0.15, 0.2) is 5.82 Å². The van der Waals surface area contributed by atoms with E-state index in [1.165, 1.54) is 0 Å². The fourth-order valence-corrected chi connectivity index (χ4v) is 1.91. The van der Waals surface area contributed by atoms with Crippen molar-refractivity contribution in [2.75, 3.05) is 0 Å². The molecule has 2 aromatic heterocycles. The number of carbonyl (C=O) groups is 1. The van der Waals surface area contributed by atoms with Crippen LogP contribution in [0.25, 0.3) is 0 Å². The quantitative estimate of drug-likeness (QED) is 0.845. The molecular weight excluding hydrogens is 260 g/mol. The van der Waals surface area contributed by atoms with Gasteiger partial charge in [-0.2, -0.15) is 5.10 Å². The number of hydrogen-bond donors (Lipinski definition) is 1. The van der Waals surface area contributed by atoms with Crippen molar-refractivity contribution in [3.63, 3.8) is 0 Å². The lowest BCUT2D eigenvalue weighted by molar-refractivity contribution is -0.149. The zero-order valence-corrected chi connectivity index (χ0v) is 11.8. The van der Waals surface area contributed by atoms with Crippen LogP contribution >= 0.6 is 0 Å².